The minimum absolute atomic E-state index is 0.0211. The highest BCUT2D eigenvalue weighted by molar-refractivity contribution is 5.19. The number of aliphatic hydroxyl groups excluding tert-OH is 1. The number of rotatable bonds is 2. The van der Waals surface area contributed by atoms with Gasteiger partial charge in [0, 0.05) is 12.5 Å². The maximum Gasteiger partial charge on any atom is 0.123 e. The zero-order valence-corrected chi connectivity index (χ0v) is 7.82. The summed E-state index contributed by atoms with van der Waals surface area (Å²) in [4.78, 5) is 0. The van der Waals surface area contributed by atoms with E-state index in [4.69, 9.17) is 9.84 Å². The maximum atomic E-state index is 12.6. The summed E-state index contributed by atoms with van der Waals surface area (Å²) < 4.78 is 18.1. The van der Waals surface area contributed by atoms with Crippen LogP contribution in [0.25, 0.3) is 0 Å². The Bertz CT molecular complexity index is 297. The van der Waals surface area contributed by atoms with Gasteiger partial charge in [0.05, 0.1) is 12.7 Å². The Morgan fingerprint density at radius 1 is 1.36 bits per heavy atom. The number of hydrogen-bond donors (Lipinski definition) is 1. The molecule has 1 aliphatic heterocycles. The van der Waals surface area contributed by atoms with E-state index in [1.807, 2.05) is 0 Å². The summed E-state index contributed by atoms with van der Waals surface area (Å²) in [6.07, 6.45) is 0.843. The lowest BCUT2D eigenvalue weighted by molar-refractivity contribution is 0.101. The molecule has 0 saturated carbocycles. The van der Waals surface area contributed by atoms with Crippen LogP contribution < -0.4 is 0 Å². The van der Waals surface area contributed by atoms with Crippen molar-refractivity contribution in [2.75, 3.05) is 13.2 Å². The molecule has 1 heterocycles. The van der Waals surface area contributed by atoms with Crippen molar-refractivity contribution in [2.24, 2.45) is 5.92 Å². The van der Waals surface area contributed by atoms with Gasteiger partial charge in [-0.1, -0.05) is 12.1 Å². The Morgan fingerprint density at radius 3 is 2.64 bits per heavy atom. The summed E-state index contributed by atoms with van der Waals surface area (Å²) in [6.45, 7) is 0.760. The fourth-order valence-corrected chi connectivity index (χ4v) is 1.73. The van der Waals surface area contributed by atoms with Gasteiger partial charge in [-0.3, -0.25) is 0 Å². The van der Waals surface area contributed by atoms with Crippen LogP contribution in [0.5, 0.6) is 0 Å². The minimum atomic E-state index is -0.231. The van der Waals surface area contributed by atoms with E-state index in [2.05, 4.69) is 0 Å². The topological polar surface area (TPSA) is 29.5 Å². The minimum Gasteiger partial charge on any atom is -0.396 e. The Balaban J connectivity index is 2.06. The number of benzene rings is 1. The lowest BCUT2D eigenvalue weighted by atomic mass is 10.0. The molecule has 2 nitrogen and oxygen atoms in total. The molecule has 0 spiro atoms. The van der Waals surface area contributed by atoms with Gasteiger partial charge in [0.1, 0.15) is 5.82 Å². The number of halogens is 1. The molecule has 1 fully saturated rings. The van der Waals surface area contributed by atoms with Gasteiger partial charge in [0.15, 0.2) is 0 Å². The highest BCUT2D eigenvalue weighted by Gasteiger charge is 2.25. The third-order valence-corrected chi connectivity index (χ3v) is 2.58. The lowest BCUT2D eigenvalue weighted by Gasteiger charge is -2.08. The highest BCUT2D eigenvalue weighted by Crippen LogP contribution is 2.31. The van der Waals surface area contributed by atoms with Crippen molar-refractivity contribution >= 4 is 0 Å². The van der Waals surface area contributed by atoms with Crippen molar-refractivity contribution in [1.82, 2.24) is 0 Å². The number of aliphatic hydroxyl groups is 1. The van der Waals surface area contributed by atoms with Crippen LogP contribution in [0.3, 0.4) is 0 Å². The van der Waals surface area contributed by atoms with E-state index in [9.17, 15) is 4.39 Å². The van der Waals surface area contributed by atoms with Crippen molar-refractivity contribution in [3.05, 3.63) is 35.6 Å². The summed E-state index contributed by atoms with van der Waals surface area (Å²) in [5, 5.41) is 8.93. The molecule has 1 aromatic rings. The van der Waals surface area contributed by atoms with Gasteiger partial charge in [0.25, 0.3) is 0 Å². The standard InChI is InChI=1S/C11H13FO2/c12-10-3-1-9(2-4-10)11-5-8(6-13)7-14-11/h1-4,8,11,13H,5-7H2. The van der Waals surface area contributed by atoms with Gasteiger partial charge in [-0.05, 0) is 24.1 Å². The average molecular weight is 196 g/mol. The molecular weight excluding hydrogens is 183 g/mol. The fraction of sp³-hybridized carbons (Fsp3) is 0.455. The van der Waals surface area contributed by atoms with E-state index in [0.29, 0.717) is 6.61 Å². The van der Waals surface area contributed by atoms with Crippen LogP contribution in [-0.4, -0.2) is 18.3 Å². The van der Waals surface area contributed by atoms with Crippen molar-refractivity contribution in [3.8, 4) is 0 Å². The Morgan fingerprint density at radius 2 is 2.07 bits per heavy atom. The molecule has 3 heteroatoms. The molecule has 0 aliphatic carbocycles. The largest absolute Gasteiger partial charge is 0.396 e. The van der Waals surface area contributed by atoms with Gasteiger partial charge in [-0.15, -0.1) is 0 Å². The molecule has 2 unspecified atom stereocenters. The first kappa shape index (κ1) is 9.62. The predicted octanol–water partition coefficient (Wildman–Crippen LogP) is 1.90. The van der Waals surface area contributed by atoms with Crippen LogP contribution in [0.1, 0.15) is 18.1 Å². The van der Waals surface area contributed by atoms with Crippen LogP contribution in [0.15, 0.2) is 24.3 Å². The van der Waals surface area contributed by atoms with Gasteiger partial charge in [-0.2, -0.15) is 0 Å². The second-order valence-corrected chi connectivity index (χ2v) is 3.66. The second kappa shape index (κ2) is 4.07. The van der Waals surface area contributed by atoms with Crippen molar-refractivity contribution < 1.29 is 14.2 Å². The summed E-state index contributed by atoms with van der Waals surface area (Å²) in [5.74, 6) is -0.00416. The smallest absolute Gasteiger partial charge is 0.123 e. The van der Waals surface area contributed by atoms with E-state index < -0.39 is 0 Å². The molecule has 0 amide bonds. The zero-order valence-electron chi connectivity index (χ0n) is 7.82. The van der Waals surface area contributed by atoms with Crippen LogP contribution in [-0.2, 0) is 4.74 Å². The Labute approximate surface area is 82.3 Å². The van der Waals surface area contributed by atoms with E-state index >= 15 is 0 Å². The van der Waals surface area contributed by atoms with E-state index in [1.54, 1.807) is 12.1 Å². The van der Waals surface area contributed by atoms with Gasteiger partial charge in [0.2, 0.25) is 0 Å². The maximum absolute atomic E-state index is 12.6. The summed E-state index contributed by atoms with van der Waals surface area (Å²) in [6, 6.07) is 6.34. The van der Waals surface area contributed by atoms with Gasteiger partial charge in [-0.25, -0.2) is 4.39 Å². The van der Waals surface area contributed by atoms with Gasteiger partial charge < -0.3 is 9.84 Å². The van der Waals surface area contributed by atoms with E-state index in [1.165, 1.54) is 12.1 Å². The first-order chi connectivity index (χ1) is 6.79. The highest BCUT2D eigenvalue weighted by atomic mass is 19.1. The molecule has 2 atom stereocenters. The number of ether oxygens (including phenoxy) is 1. The molecular formula is C11H13FO2. The van der Waals surface area contributed by atoms with Crippen LogP contribution in [0, 0.1) is 11.7 Å². The zero-order chi connectivity index (χ0) is 9.97. The Kier molecular flexibility index (Phi) is 2.79. The summed E-state index contributed by atoms with van der Waals surface area (Å²) in [5.41, 5.74) is 0.988. The van der Waals surface area contributed by atoms with Crippen LogP contribution in [0.2, 0.25) is 0 Å². The molecule has 2 rings (SSSR count). The molecule has 0 radical (unpaired) electrons. The molecule has 1 aliphatic rings. The van der Waals surface area contributed by atoms with Crippen LogP contribution >= 0.6 is 0 Å². The monoisotopic (exact) mass is 196 g/mol. The van der Waals surface area contributed by atoms with E-state index in [0.717, 1.165) is 12.0 Å². The second-order valence-electron chi connectivity index (χ2n) is 3.66. The third-order valence-electron chi connectivity index (χ3n) is 2.58. The summed E-state index contributed by atoms with van der Waals surface area (Å²) in [7, 11) is 0. The third kappa shape index (κ3) is 1.94. The predicted molar refractivity (Wildman–Crippen MR) is 50.3 cm³/mol. The lowest BCUT2D eigenvalue weighted by Crippen LogP contribution is -2.03. The fourth-order valence-electron chi connectivity index (χ4n) is 1.73. The molecule has 14 heavy (non-hydrogen) atoms. The van der Waals surface area contributed by atoms with Gasteiger partial charge >= 0.3 is 0 Å². The normalized spacial score (nSPS) is 26.7. The van der Waals surface area contributed by atoms with Crippen LogP contribution in [0.4, 0.5) is 4.39 Å². The SMILES string of the molecule is OCC1COC(c2ccc(F)cc2)C1. The molecule has 1 saturated heterocycles. The Hall–Kier alpha value is -0.930. The number of hydrogen-bond acceptors (Lipinski definition) is 2. The molecule has 76 valence electrons. The molecule has 0 bridgehead atoms. The van der Waals surface area contributed by atoms with Crippen molar-refractivity contribution in [1.29, 1.82) is 0 Å². The molecule has 1 aromatic carbocycles. The molecule has 0 aromatic heterocycles. The molecule has 1 N–H and O–H groups in total. The van der Waals surface area contributed by atoms with E-state index in [-0.39, 0.29) is 24.4 Å². The quantitative estimate of drug-likeness (QED) is 0.782. The van der Waals surface area contributed by atoms with Crippen molar-refractivity contribution in [2.45, 2.75) is 12.5 Å². The van der Waals surface area contributed by atoms with Crippen molar-refractivity contribution in [3.63, 3.8) is 0 Å². The summed E-state index contributed by atoms with van der Waals surface area (Å²) >= 11 is 0. The first-order valence-electron chi connectivity index (χ1n) is 4.77. The average Bonchev–Trinajstić information content (AvgIpc) is 2.67. The first-order valence-corrected chi connectivity index (χ1v) is 4.77.